The number of hydrogen-bond donors (Lipinski definition) is 1. The molecule has 0 amide bonds. The third kappa shape index (κ3) is 2.92. The first-order chi connectivity index (χ1) is 7.84. The molecule has 0 fully saturated rings. The molecule has 2 aromatic rings. The minimum atomic E-state index is 0.929. The molecule has 0 saturated heterocycles. The van der Waals surface area contributed by atoms with Gasteiger partial charge in [0.1, 0.15) is 0 Å². The molecule has 0 aliphatic heterocycles. The number of aromatic nitrogens is 1. The van der Waals surface area contributed by atoms with Crippen molar-refractivity contribution >= 4 is 11.9 Å². The number of hydrogen-bond acceptors (Lipinski definition) is 3. The lowest BCUT2D eigenvalue weighted by atomic mass is 10.2. The Kier molecular flexibility index (Phi) is 3.28. The van der Waals surface area contributed by atoms with Crippen LogP contribution >= 0.6 is 0 Å². The molecule has 0 aliphatic rings. The van der Waals surface area contributed by atoms with Crippen LogP contribution in [-0.4, -0.2) is 11.2 Å². The van der Waals surface area contributed by atoms with Gasteiger partial charge in [-0.25, -0.2) is 0 Å². The van der Waals surface area contributed by atoms with Gasteiger partial charge < -0.3 is 0 Å². The smallest absolute Gasteiger partial charge is 0.0592 e. The number of aryl methyl sites for hydroxylation is 1. The van der Waals surface area contributed by atoms with Crippen LogP contribution in [0.15, 0.2) is 53.9 Å². The van der Waals surface area contributed by atoms with Gasteiger partial charge in [0.25, 0.3) is 0 Å². The first-order valence-electron chi connectivity index (χ1n) is 5.10. The number of benzene rings is 1. The van der Waals surface area contributed by atoms with Gasteiger partial charge in [-0.05, 0) is 24.6 Å². The molecule has 0 atom stereocenters. The molecule has 0 saturated carbocycles. The Morgan fingerprint density at radius 2 is 1.75 bits per heavy atom. The van der Waals surface area contributed by atoms with E-state index in [0.717, 1.165) is 11.3 Å². The van der Waals surface area contributed by atoms with E-state index in [4.69, 9.17) is 0 Å². The van der Waals surface area contributed by atoms with Crippen molar-refractivity contribution in [1.29, 1.82) is 0 Å². The molecule has 1 aromatic carbocycles. The zero-order valence-electron chi connectivity index (χ0n) is 9.09. The molecule has 0 aliphatic carbocycles. The van der Waals surface area contributed by atoms with Crippen LogP contribution in [0.25, 0.3) is 0 Å². The predicted octanol–water partition coefficient (Wildman–Crippen LogP) is 2.84. The van der Waals surface area contributed by atoms with Crippen LogP contribution in [0.4, 0.5) is 5.69 Å². The van der Waals surface area contributed by atoms with Gasteiger partial charge in [-0.3, -0.25) is 10.4 Å². The second-order valence-corrected chi connectivity index (χ2v) is 3.52. The first-order valence-corrected chi connectivity index (χ1v) is 5.10. The van der Waals surface area contributed by atoms with Gasteiger partial charge >= 0.3 is 0 Å². The molecular formula is C13H13N3. The summed E-state index contributed by atoms with van der Waals surface area (Å²) in [6, 6.07) is 11.9. The van der Waals surface area contributed by atoms with E-state index in [1.165, 1.54) is 5.56 Å². The average molecular weight is 211 g/mol. The summed E-state index contributed by atoms with van der Waals surface area (Å²) < 4.78 is 0. The Morgan fingerprint density at radius 3 is 2.44 bits per heavy atom. The molecule has 1 heterocycles. The number of anilines is 1. The molecule has 80 valence electrons. The maximum Gasteiger partial charge on any atom is 0.0592 e. The van der Waals surface area contributed by atoms with E-state index in [9.17, 15) is 0 Å². The lowest BCUT2D eigenvalue weighted by Gasteiger charge is -1.98. The lowest BCUT2D eigenvalue weighted by Crippen LogP contribution is -1.90. The molecule has 2 rings (SSSR count). The monoisotopic (exact) mass is 211 g/mol. The molecule has 3 heteroatoms. The molecule has 0 spiro atoms. The van der Waals surface area contributed by atoms with Crippen LogP contribution < -0.4 is 5.43 Å². The lowest BCUT2D eigenvalue weighted by molar-refractivity contribution is 1.28. The fourth-order valence-corrected chi connectivity index (χ4v) is 1.26. The zero-order valence-corrected chi connectivity index (χ0v) is 9.09. The highest BCUT2D eigenvalue weighted by Gasteiger charge is 1.88. The molecule has 3 nitrogen and oxygen atoms in total. The maximum atomic E-state index is 4.14. The minimum absolute atomic E-state index is 0.929. The average Bonchev–Trinajstić information content (AvgIpc) is 2.33. The van der Waals surface area contributed by atoms with E-state index in [1.807, 2.05) is 24.3 Å². The molecule has 1 aromatic heterocycles. The molecule has 0 unspecified atom stereocenters. The maximum absolute atomic E-state index is 4.14. The van der Waals surface area contributed by atoms with Crippen LogP contribution in [0.1, 0.15) is 11.1 Å². The Labute approximate surface area is 94.9 Å². The summed E-state index contributed by atoms with van der Waals surface area (Å²) in [7, 11) is 0. The van der Waals surface area contributed by atoms with Gasteiger partial charge in [0.15, 0.2) is 0 Å². The number of rotatable bonds is 3. The van der Waals surface area contributed by atoms with Gasteiger partial charge in [-0.15, -0.1) is 0 Å². The standard InChI is InChI=1S/C13H13N3/c1-11-2-4-12(5-3-11)10-15-16-13-6-8-14-9-7-13/h2-10H,1H3,(H,14,16)/b15-10+. The zero-order chi connectivity index (χ0) is 11.2. The fourth-order valence-electron chi connectivity index (χ4n) is 1.26. The van der Waals surface area contributed by atoms with Crippen molar-refractivity contribution in [3.8, 4) is 0 Å². The third-order valence-electron chi connectivity index (χ3n) is 2.16. The highest BCUT2D eigenvalue weighted by atomic mass is 15.3. The fraction of sp³-hybridized carbons (Fsp3) is 0.0769. The summed E-state index contributed by atoms with van der Waals surface area (Å²) in [5, 5.41) is 4.14. The second-order valence-electron chi connectivity index (χ2n) is 3.52. The van der Waals surface area contributed by atoms with E-state index in [1.54, 1.807) is 18.6 Å². The SMILES string of the molecule is Cc1ccc(/C=N/Nc2ccncc2)cc1. The highest BCUT2D eigenvalue weighted by molar-refractivity contribution is 5.80. The van der Waals surface area contributed by atoms with E-state index < -0.39 is 0 Å². The van der Waals surface area contributed by atoms with Gasteiger partial charge in [-0.2, -0.15) is 5.10 Å². The Morgan fingerprint density at radius 1 is 1.06 bits per heavy atom. The molecule has 0 bridgehead atoms. The summed E-state index contributed by atoms with van der Waals surface area (Å²) in [6.07, 6.45) is 5.24. The van der Waals surface area contributed by atoms with Gasteiger partial charge in [-0.1, -0.05) is 29.8 Å². The topological polar surface area (TPSA) is 37.3 Å². The van der Waals surface area contributed by atoms with E-state index in [0.29, 0.717) is 0 Å². The predicted molar refractivity (Wildman–Crippen MR) is 66.6 cm³/mol. The summed E-state index contributed by atoms with van der Waals surface area (Å²) in [5.41, 5.74) is 6.19. The van der Waals surface area contributed by atoms with E-state index in [-0.39, 0.29) is 0 Å². The van der Waals surface area contributed by atoms with Crippen molar-refractivity contribution in [2.75, 3.05) is 5.43 Å². The Hall–Kier alpha value is -2.16. The Bertz CT molecular complexity index is 460. The van der Waals surface area contributed by atoms with Crippen LogP contribution in [0.5, 0.6) is 0 Å². The van der Waals surface area contributed by atoms with Gasteiger partial charge in [0.2, 0.25) is 0 Å². The van der Waals surface area contributed by atoms with Crippen LogP contribution in [0.2, 0.25) is 0 Å². The number of hydrazone groups is 1. The van der Waals surface area contributed by atoms with Crippen molar-refractivity contribution in [1.82, 2.24) is 4.98 Å². The Balaban J connectivity index is 1.98. The van der Waals surface area contributed by atoms with Crippen LogP contribution in [-0.2, 0) is 0 Å². The summed E-state index contributed by atoms with van der Waals surface area (Å²) in [6.45, 7) is 2.07. The molecular weight excluding hydrogens is 198 g/mol. The number of pyridine rings is 1. The van der Waals surface area contributed by atoms with E-state index in [2.05, 4.69) is 34.6 Å². The van der Waals surface area contributed by atoms with Crippen molar-refractivity contribution < 1.29 is 0 Å². The normalized spacial score (nSPS) is 10.6. The molecule has 16 heavy (non-hydrogen) atoms. The van der Waals surface area contributed by atoms with Crippen molar-refractivity contribution in [3.63, 3.8) is 0 Å². The van der Waals surface area contributed by atoms with Crippen molar-refractivity contribution in [2.24, 2.45) is 5.10 Å². The quantitative estimate of drug-likeness (QED) is 0.626. The second kappa shape index (κ2) is 5.07. The molecule has 0 radical (unpaired) electrons. The van der Waals surface area contributed by atoms with Crippen molar-refractivity contribution in [2.45, 2.75) is 6.92 Å². The van der Waals surface area contributed by atoms with Gasteiger partial charge in [0, 0.05) is 12.4 Å². The number of nitrogens with one attached hydrogen (secondary N) is 1. The molecule has 1 N–H and O–H groups in total. The largest absolute Gasteiger partial charge is 0.278 e. The summed E-state index contributed by atoms with van der Waals surface area (Å²) >= 11 is 0. The van der Waals surface area contributed by atoms with Crippen LogP contribution in [0.3, 0.4) is 0 Å². The highest BCUT2D eigenvalue weighted by Crippen LogP contribution is 2.03. The minimum Gasteiger partial charge on any atom is -0.278 e. The van der Waals surface area contributed by atoms with Crippen LogP contribution in [0, 0.1) is 6.92 Å². The third-order valence-corrected chi connectivity index (χ3v) is 2.16. The van der Waals surface area contributed by atoms with Gasteiger partial charge in [0.05, 0.1) is 11.9 Å². The first kappa shape index (κ1) is 10.4. The number of nitrogens with zero attached hydrogens (tertiary/aromatic N) is 2. The van der Waals surface area contributed by atoms with E-state index >= 15 is 0 Å². The van der Waals surface area contributed by atoms with Crippen molar-refractivity contribution in [3.05, 3.63) is 59.9 Å². The summed E-state index contributed by atoms with van der Waals surface area (Å²) in [4.78, 5) is 3.93. The summed E-state index contributed by atoms with van der Waals surface area (Å²) in [5.74, 6) is 0.